The lowest BCUT2D eigenvalue weighted by Crippen LogP contribution is -2.07. The lowest BCUT2D eigenvalue weighted by Gasteiger charge is -2.12. The summed E-state index contributed by atoms with van der Waals surface area (Å²) in [6.45, 7) is 4.38. The Morgan fingerprint density at radius 1 is 1.30 bits per heavy atom. The zero-order valence-corrected chi connectivity index (χ0v) is 12.8. The third kappa shape index (κ3) is 3.73. The highest BCUT2D eigenvalue weighted by Gasteiger charge is 2.08. The molecule has 3 nitrogen and oxygen atoms in total. The molecule has 0 fully saturated rings. The predicted octanol–water partition coefficient (Wildman–Crippen LogP) is 4.35. The summed E-state index contributed by atoms with van der Waals surface area (Å²) in [6, 6.07) is 10.2. The van der Waals surface area contributed by atoms with Gasteiger partial charge in [0.25, 0.3) is 0 Å². The molecule has 0 saturated heterocycles. The number of nitrogens with zero attached hydrogens (tertiary/aromatic N) is 2. The van der Waals surface area contributed by atoms with E-state index >= 15 is 0 Å². The van der Waals surface area contributed by atoms with Crippen molar-refractivity contribution in [1.29, 1.82) is 0 Å². The maximum Gasteiger partial charge on any atom is 0.150 e. The van der Waals surface area contributed by atoms with E-state index in [0.717, 1.165) is 41.0 Å². The molecule has 0 saturated carbocycles. The quantitative estimate of drug-likeness (QED) is 0.561. The van der Waals surface area contributed by atoms with Crippen molar-refractivity contribution in [2.24, 2.45) is 0 Å². The van der Waals surface area contributed by atoms with Crippen molar-refractivity contribution < 1.29 is 4.79 Å². The van der Waals surface area contributed by atoms with Gasteiger partial charge in [-0.2, -0.15) is 5.10 Å². The summed E-state index contributed by atoms with van der Waals surface area (Å²) in [4.78, 5) is 11.9. The van der Waals surface area contributed by atoms with E-state index in [-0.39, 0.29) is 0 Å². The van der Waals surface area contributed by atoms with Crippen molar-refractivity contribution in [2.45, 2.75) is 43.4 Å². The number of aldehydes is 1. The minimum Gasteiger partial charge on any atom is -0.298 e. The summed E-state index contributed by atoms with van der Waals surface area (Å²) in [7, 11) is 0. The van der Waals surface area contributed by atoms with Crippen LogP contribution in [0.25, 0.3) is 0 Å². The zero-order chi connectivity index (χ0) is 14.4. The Balaban J connectivity index is 1.98. The van der Waals surface area contributed by atoms with Gasteiger partial charge in [-0.1, -0.05) is 26.0 Å². The molecule has 1 aromatic heterocycles. The van der Waals surface area contributed by atoms with Gasteiger partial charge >= 0.3 is 0 Å². The number of carbonyl (C=O) groups is 1. The summed E-state index contributed by atoms with van der Waals surface area (Å²) in [5.74, 6) is 0.829. The van der Waals surface area contributed by atoms with Gasteiger partial charge in [-0.3, -0.25) is 9.48 Å². The molecule has 106 valence electrons. The van der Waals surface area contributed by atoms with Crippen LogP contribution < -0.4 is 0 Å². The Bertz CT molecular complexity index is 561. The first-order chi connectivity index (χ1) is 9.76. The van der Waals surface area contributed by atoms with Gasteiger partial charge in [0.15, 0.2) is 0 Å². The maximum absolute atomic E-state index is 10.8. The first-order valence-electron chi connectivity index (χ1n) is 6.98. The van der Waals surface area contributed by atoms with Crippen LogP contribution in [-0.4, -0.2) is 16.1 Å². The third-order valence-electron chi connectivity index (χ3n) is 3.36. The van der Waals surface area contributed by atoms with E-state index in [1.807, 2.05) is 24.3 Å². The van der Waals surface area contributed by atoms with Gasteiger partial charge in [-0.25, -0.2) is 0 Å². The average molecular weight is 288 g/mol. The number of rotatable bonds is 7. The second-order valence-corrected chi connectivity index (χ2v) is 5.79. The van der Waals surface area contributed by atoms with Gasteiger partial charge in [0.2, 0.25) is 0 Å². The fraction of sp³-hybridized carbons (Fsp3) is 0.375. The molecule has 2 aromatic rings. The number of hydrogen-bond donors (Lipinski definition) is 0. The van der Waals surface area contributed by atoms with Gasteiger partial charge in [0, 0.05) is 22.4 Å². The number of thioether (sulfide) groups is 1. The van der Waals surface area contributed by atoms with Gasteiger partial charge in [-0.15, -0.1) is 11.8 Å². The molecule has 4 heteroatoms. The van der Waals surface area contributed by atoms with Crippen LogP contribution in [0.2, 0.25) is 0 Å². The standard InChI is InChI=1S/C16H20N2OS/c1-3-15(4-2)18-9-8-14(17-18)12-20-16-7-5-6-13(10-16)11-19/h5-11,15H,3-4,12H2,1-2H3. The normalized spacial score (nSPS) is 10.9. The molecular weight excluding hydrogens is 268 g/mol. The SMILES string of the molecule is CCC(CC)n1ccc(CSc2cccc(C=O)c2)n1. The van der Waals surface area contributed by atoms with Crippen molar-refractivity contribution in [3.05, 3.63) is 47.8 Å². The molecule has 0 spiro atoms. The smallest absolute Gasteiger partial charge is 0.150 e. The molecule has 1 heterocycles. The number of benzene rings is 1. The van der Waals surface area contributed by atoms with Crippen LogP contribution in [0.3, 0.4) is 0 Å². The van der Waals surface area contributed by atoms with E-state index in [1.54, 1.807) is 11.8 Å². The lowest BCUT2D eigenvalue weighted by atomic mass is 10.2. The molecular formula is C16H20N2OS. The fourth-order valence-electron chi connectivity index (χ4n) is 2.16. The molecule has 0 unspecified atom stereocenters. The van der Waals surface area contributed by atoms with Gasteiger partial charge in [0.05, 0.1) is 11.7 Å². The Hall–Kier alpha value is -1.55. The first kappa shape index (κ1) is 14.9. The van der Waals surface area contributed by atoms with Crippen LogP contribution >= 0.6 is 11.8 Å². The van der Waals surface area contributed by atoms with Crippen molar-refractivity contribution in [2.75, 3.05) is 0 Å². The summed E-state index contributed by atoms with van der Waals surface area (Å²) in [5.41, 5.74) is 1.80. The van der Waals surface area contributed by atoms with Crippen molar-refractivity contribution in [3.8, 4) is 0 Å². The molecule has 2 rings (SSSR count). The van der Waals surface area contributed by atoms with Crippen LogP contribution in [0.5, 0.6) is 0 Å². The summed E-state index contributed by atoms with van der Waals surface area (Å²) >= 11 is 1.71. The molecule has 0 bridgehead atoms. The van der Waals surface area contributed by atoms with Crippen LogP contribution in [0.1, 0.15) is 48.8 Å². The second kappa shape index (κ2) is 7.29. The van der Waals surface area contributed by atoms with E-state index in [9.17, 15) is 4.79 Å². The molecule has 0 amide bonds. The minimum absolute atomic E-state index is 0.493. The number of hydrogen-bond acceptors (Lipinski definition) is 3. The molecule has 0 N–H and O–H groups in total. The van der Waals surface area contributed by atoms with Crippen LogP contribution in [0.15, 0.2) is 41.4 Å². The predicted molar refractivity (Wildman–Crippen MR) is 83.2 cm³/mol. The molecule has 1 aromatic carbocycles. The highest BCUT2D eigenvalue weighted by molar-refractivity contribution is 7.98. The van der Waals surface area contributed by atoms with Crippen molar-refractivity contribution >= 4 is 18.0 Å². The Labute approximate surface area is 124 Å². The van der Waals surface area contributed by atoms with Crippen LogP contribution in [-0.2, 0) is 5.75 Å². The van der Waals surface area contributed by atoms with Crippen LogP contribution in [0.4, 0.5) is 0 Å². The Morgan fingerprint density at radius 3 is 2.80 bits per heavy atom. The van der Waals surface area contributed by atoms with Crippen molar-refractivity contribution in [3.63, 3.8) is 0 Å². The molecule has 0 radical (unpaired) electrons. The molecule has 0 aliphatic rings. The summed E-state index contributed by atoms with van der Waals surface area (Å²) in [5, 5.41) is 4.64. The average Bonchev–Trinajstić information content (AvgIpc) is 2.95. The fourth-order valence-corrected chi connectivity index (χ4v) is 3.02. The highest BCUT2D eigenvalue weighted by atomic mass is 32.2. The monoisotopic (exact) mass is 288 g/mol. The van der Waals surface area contributed by atoms with Gasteiger partial charge < -0.3 is 0 Å². The highest BCUT2D eigenvalue weighted by Crippen LogP contribution is 2.23. The summed E-state index contributed by atoms with van der Waals surface area (Å²) in [6.07, 6.45) is 5.15. The zero-order valence-electron chi connectivity index (χ0n) is 12.0. The van der Waals surface area contributed by atoms with E-state index in [4.69, 9.17) is 0 Å². The molecule has 0 aliphatic heterocycles. The lowest BCUT2D eigenvalue weighted by molar-refractivity contribution is 0.112. The topological polar surface area (TPSA) is 34.9 Å². The molecule has 20 heavy (non-hydrogen) atoms. The first-order valence-corrected chi connectivity index (χ1v) is 7.97. The van der Waals surface area contributed by atoms with E-state index in [2.05, 4.69) is 35.9 Å². The Kier molecular flexibility index (Phi) is 5.41. The van der Waals surface area contributed by atoms with Gasteiger partial charge in [0.1, 0.15) is 6.29 Å². The van der Waals surface area contributed by atoms with E-state index in [1.165, 1.54) is 0 Å². The molecule has 0 atom stereocenters. The third-order valence-corrected chi connectivity index (χ3v) is 4.39. The number of aromatic nitrogens is 2. The van der Waals surface area contributed by atoms with Crippen LogP contribution in [0, 0.1) is 0 Å². The van der Waals surface area contributed by atoms with Crippen molar-refractivity contribution in [1.82, 2.24) is 9.78 Å². The molecule has 0 aliphatic carbocycles. The van der Waals surface area contributed by atoms with E-state index < -0.39 is 0 Å². The second-order valence-electron chi connectivity index (χ2n) is 4.74. The largest absolute Gasteiger partial charge is 0.298 e. The van der Waals surface area contributed by atoms with E-state index in [0.29, 0.717) is 6.04 Å². The Morgan fingerprint density at radius 2 is 2.10 bits per heavy atom. The number of carbonyl (C=O) groups excluding carboxylic acids is 1. The minimum atomic E-state index is 0.493. The van der Waals surface area contributed by atoms with Gasteiger partial charge in [-0.05, 0) is 31.0 Å². The summed E-state index contributed by atoms with van der Waals surface area (Å²) < 4.78 is 2.07. The maximum atomic E-state index is 10.8.